The predicted octanol–water partition coefficient (Wildman–Crippen LogP) is 1.02. The minimum Gasteiger partial charge on any atom is -0.616 e. The molecule has 0 saturated carbocycles. The van der Waals surface area contributed by atoms with Crippen molar-refractivity contribution in [3.8, 4) is 11.6 Å². The second-order valence-corrected chi connectivity index (χ2v) is 4.24. The van der Waals surface area contributed by atoms with E-state index in [9.17, 15) is 10.0 Å². The second-order valence-electron chi connectivity index (χ2n) is 4.24. The molecule has 21 heavy (non-hydrogen) atoms. The lowest BCUT2D eigenvalue weighted by Crippen LogP contribution is -2.33. The third kappa shape index (κ3) is 4.10. The zero-order valence-corrected chi connectivity index (χ0v) is 11.6. The Balaban J connectivity index is 1.84. The van der Waals surface area contributed by atoms with Crippen molar-refractivity contribution in [2.75, 3.05) is 13.7 Å². The SMILES string of the molecule is COc1ccccc1CNC(=O)COc1cccc[n+]1[O-]. The van der Waals surface area contributed by atoms with Crippen molar-refractivity contribution in [2.45, 2.75) is 6.54 Å². The topological polar surface area (TPSA) is 74.5 Å². The predicted molar refractivity (Wildman–Crippen MR) is 75.7 cm³/mol. The van der Waals surface area contributed by atoms with Crippen LogP contribution in [0.15, 0.2) is 48.7 Å². The van der Waals surface area contributed by atoms with Gasteiger partial charge in [-0.3, -0.25) is 4.79 Å². The number of carbonyl (C=O) groups is 1. The van der Waals surface area contributed by atoms with Gasteiger partial charge >= 0.3 is 5.88 Å². The molecule has 0 aliphatic rings. The van der Waals surface area contributed by atoms with E-state index in [4.69, 9.17) is 9.47 Å². The van der Waals surface area contributed by atoms with Crippen LogP contribution in [0.5, 0.6) is 11.6 Å². The molecule has 110 valence electrons. The average molecular weight is 288 g/mol. The van der Waals surface area contributed by atoms with Crippen LogP contribution in [0.25, 0.3) is 0 Å². The normalized spacial score (nSPS) is 9.95. The third-order valence-corrected chi connectivity index (χ3v) is 2.81. The van der Waals surface area contributed by atoms with Crippen molar-refractivity contribution in [3.63, 3.8) is 0 Å². The van der Waals surface area contributed by atoms with E-state index >= 15 is 0 Å². The molecule has 0 saturated heterocycles. The number of ether oxygens (including phenoxy) is 2. The summed E-state index contributed by atoms with van der Waals surface area (Å²) in [6, 6.07) is 12.2. The molecule has 0 unspecified atom stereocenters. The molecule has 0 radical (unpaired) electrons. The van der Waals surface area contributed by atoms with Crippen molar-refractivity contribution in [2.24, 2.45) is 0 Å². The number of hydrogen-bond acceptors (Lipinski definition) is 4. The van der Waals surface area contributed by atoms with Crippen LogP contribution in [0.1, 0.15) is 5.56 Å². The summed E-state index contributed by atoms with van der Waals surface area (Å²) in [5.74, 6) is 0.480. The zero-order chi connectivity index (χ0) is 15.1. The molecule has 2 rings (SSSR count). The van der Waals surface area contributed by atoms with Crippen molar-refractivity contribution in [1.29, 1.82) is 0 Å². The molecule has 0 fully saturated rings. The number of rotatable bonds is 6. The Labute approximate surface area is 122 Å². The summed E-state index contributed by atoms with van der Waals surface area (Å²) in [6.07, 6.45) is 1.31. The average Bonchev–Trinajstić information content (AvgIpc) is 2.52. The molecule has 6 nitrogen and oxygen atoms in total. The quantitative estimate of drug-likeness (QED) is 0.636. The number of para-hydroxylation sites is 1. The van der Waals surface area contributed by atoms with Crippen LogP contribution in [0.4, 0.5) is 0 Å². The number of pyridine rings is 1. The molecule has 0 atom stereocenters. The van der Waals surface area contributed by atoms with Gasteiger partial charge in [-0.25, -0.2) is 0 Å². The van der Waals surface area contributed by atoms with Crippen LogP contribution in [0.2, 0.25) is 0 Å². The summed E-state index contributed by atoms with van der Waals surface area (Å²) in [7, 11) is 1.58. The van der Waals surface area contributed by atoms with Gasteiger partial charge in [-0.15, -0.1) is 4.73 Å². The van der Waals surface area contributed by atoms with E-state index < -0.39 is 0 Å². The number of carbonyl (C=O) groups excluding carboxylic acids is 1. The van der Waals surface area contributed by atoms with Crippen LogP contribution in [0.3, 0.4) is 0 Å². The summed E-state index contributed by atoms with van der Waals surface area (Å²) >= 11 is 0. The van der Waals surface area contributed by atoms with Gasteiger partial charge in [0.15, 0.2) is 12.8 Å². The molecule has 0 spiro atoms. The van der Waals surface area contributed by atoms with Gasteiger partial charge in [-0.05, 0) is 12.1 Å². The van der Waals surface area contributed by atoms with E-state index in [1.807, 2.05) is 24.3 Å². The summed E-state index contributed by atoms with van der Waals surface area (Å²) in [5.41, 5.74) is 0.868. The van der Waals surface area contributed by atoms with Gasteiger partial charge in [-0.1, -0.05) is 18.2 Å². The first-order valence-corrected chi connectivity index (χ1v) is 6.40. The molecular formula is C15H16N2O4. The smallest absolute Gasteiger partial charge is 0.379 e. The highest BCUT2D eigenvalue weighted by atomic mass is 16.6. The number of nitrogens with one attached hydrogen (secondary N) is 1. The molecular weight excluding hydrogens is 272 g/mol. The molecule has 0 aliphatic heterocycles. The summed E-state index contributed by atoms with van der Waals surface area (Å²) in [6.45, 7) is 0.111. The van der Waals surface area contributed by atoms with Crippen LogP contribution in [-0.2, 0) is 11.3 Å². The third-order valence-electron chi connectivity index (χ3n) is 2.81. The molecule has 1 aromatic carbocycles. The molecule has 1 amide bonds. The Morgan fingerprint density at radius 3 is 2.76 bits per heavy atom. The van der Waals surface area contributed by atoms with E-state index in [2.05, 4.69) is 5.32 Å². The fourth-order valence-corrected chi connectivity index (χ4v) is 1.76. The molecule has 6 heteroatoms. The lowest BCUT2D eigenvalue weighted by molar-refractivity contribution is -0.612. The lowest BCUT2D eigenvalue weighted by Gasteiger charge is -2.10. The summed E-state index contributed by atoms with van der Waals surface area (Å²) in [5, 5.41) is 14.0. The standard InChI is InChI=1S/C15H16N2O4/c1-20-13-7-3-2-6-12(13)10-16-14(18)11-21-15-8-4-5-9-17(15)19/h2-9H,10-11H2,1H3,(H,16,18). The maximum absolute atomic E-state index is 11.7. The highest BCUT2D eigenvalue weighted by molar-refractivity contribution is 5.77. The van der Waals surface area contributed by atoms with Crippen molar-refractivity contribution in [1.82, 2.24) is 5.32 Å². The maximum Gasteiger partial charge on any atom is 0.379 e. The van der Waals surface area contributed by atoms with Crippen molar-refractivity contribution in [3.05, 3.63) is 59.4 Å². The van der Waals surface area contributed by atoms with Gasteiger partial charge in [-0.2, -0.15) is 0 Å². The first-order valence-electron chi connectivity index (χ1n) is 6.40. The van der Waals surface area contributed by atoms with Gasteiger partial charge < -0.3 is 20.0 Å². The van der Waals surface area contributed by atoms with Gasteiger partial charge in [0.25, 0.3) is 5.91 Å². The number of hydrogen-bond donors (Lipinski definition) is 1. The highest BCUT2D eigenvalue weighted by Crippen LogP contribution is 2.16. The Morgan fingerprint density at radius 2 is 2.00 bits per heavy atom. The van der Waals surface area contributed by atoms with E-state index in [1.165, 1.54) is 12.3 Å². The number of methoxy groups -OCH3 is 1. The second kappa shape index (κ2) is 7.14. The largest absolute Gasteiger partial charge is 0.616 e. The Bertz CT molecular complexity index is 616. The van der Waals surface area contributed by atoms with Gasteiger partial charge in [0, 0.05) is 18.2 Å². The highest BCUT2D eigenvalue weighted by Gasteiger charge is 2.09. The van der Waals surface area contributed by atoms with Crippen molar-refractivity contribution >= 4 is 5.91 Å². The van der Waals surface area contributed by atoms with Gasteiger partial charge in [0.1, 0.15) is 5.75 Å². The van der Waals surface area contributed by atoms with E-state index in [0.29, 0.717) is 17.0 Å². The van der Waals surface area contributed by atoms with Gasteiger partial charge in [0.05, 0.1) is 13.2 Å². The minimum absolute atomic E-state index is 0.0879. The molecule has 0 bridgehead atoms. The first-order chi connectivity index (χ1) is 10.2. The minimum atomic E-state index is -0.315. The maximum atomic E-state index is 11.7. The van der Waals surface area contributed by atoms with Crippen LogP contribution in [0, 0.1) is 5.21 Å². The number of nitrogens with zero attached hydrogens (tertiary/aromatic N) is 1. The van der Waals surface area contributed by atoms with E-state index in [-0.39, 0.29) is 18.4 Å². The zero-order valence-electron chi connectivity index (χ0n) is 11.6. The Morgan fingerprint density at radius 1 is 1.24 bits per heavy atom. The Kier molecular flexibility index (Phi) is 4.98. The number of benzene rings is 1. The first kappa shape index (κ1) is 14.6. The van der Waals surface area contributed by atoms with Crippen LogP contribution >= 0.6 is 0 Å². The van der Waals surface area contributed by atoms with E-state index in [1.54, 1.807) is 19.2 Å². The van der Waals surface area contributed by atoms with Crippen LogP contribution < -0.4 is 19.5 Å². The number of aromatic nitrogens is 1. The van der Waals surface area contributed by atoms with Crippen LogP contribution in [-0.4, -0.2) is 19.6 Å². The summed E-state index contributed by atoms with van der Waals surface area (Å²) in [4.78, 5) is 11.7. The molecule has 1 aromatic heterocycles. The molecule has 1 N–H and O–H groups in total. The fourth-order valence-electron chi connectivity index (χ4n) is 1.76. The summed E-state index contributed by atoms with van der Waals surface area (Å²) < 4.78 is 10.9. The molecule has 0 aliphatic carbocycles. The Hall–Kier alpha value is -2.76. The molecule has 2 aromatic rings. The fraction of sp³-hybridized carbons (Fsp3) is 0.200. The van der Waals surface area contributed by atoms with E-state index in [0.717, 1.165) is 5.56 Å². The number of amides is 1. The van der Waals surface area contributed by atoms with Gasteiger partial charge in [0.2, 0.25) is 0 Å². The van der Waals surface area contributed by atoms with Crippen molar-refractivity contribution < 1.29 is 19.0 Å². The lowest BCUT2D eigenvalue weighted by atomic mass is 10.2. The molecule has 1 heterocycles. The monoisotopic (exact) mass is 288 g/mol.